The fourth-order valence-corrected chi connectivity index (χ4v) is 5.15. The second-order valence-corrected chi connectivity index (χ2v) is 10.7. The van der Waals surface area contributed by atoms with E-state index in [1.54, 1.807) is 18.2 Å². The van der Waals surface area contributed by atoms with Crippen molar-refractivity contribution < 1.29 is 14.8 Å². The molecule has 0 aliphatic heterocycles. The van der Waals surface area contributed by atoms with Crippen LogP contribution in [0.1, 0.15) is 138 Å². The van der Waals surface area contributed by atoms with E-state index in [0.29, 0.717) is 6.42 Å². The fourth-order valence-electron chi connectivity index (χ4n) is 5.15. The Morgan fingerprint density at radius 1 is 0.658 bits per heavy atom. The summed E-state index contributed by atoms with van der Waals surface area (Å²) in [6.07, 6.45) is 24.6. The number of nitro benzene ring substituents is 1. The molecular formula is C33H49NO4. The van der Waals surface area contributed by atoms with Gasteiger partial charge in [-0.1, -0.05) is 140 Å². The number of rotatable bonds is 22. The summed E-state index contributed by atoms with van der Waals surface area (Å²) in [7, 11) is 0. The molecule has 0 aliphatic carbocycles. The van der Waals surface area contributed by atoms with Crippen molar-refractivity contribution in [3.8, 4) is 11.1 Å². The lowest BCUT2D eigenvalue weighted by atomic mass is 9.98. The van der Waals surface area contributed by atoms with Crippen LogP contribution in [-0.2, 0) is 6.42 Å². The standard InChI is InChI=1S/C33H49NO4/c1-2-3-4-5-6-7-8-9-10-11-12-13-14-15-16-17-18-19-20-29-23-26-31(27-32(29)34(37)38)28-21-24-30(25-22-28)33(35)36/h21-27H,2-20H2,1H3,(H,35,36). The van der Waals surface area contributed by atoms with E-state index in [2.05, 4.69) is 6.92 Å². The molecule has 0 aliphatic rings. The largest absolute Gasteiger partial charge is 0.478 e. The van der Waals surface area contributed by atoms with Crippen LogP contribution in [0.25, 0.3) is 11.1 Å². The van der Waals surface area contributed by atoms with Crippen molar-refractivity contribution in [3.63, 3.8) is 0 Å². The molecule has 2 aromatic carbocycles. The molecule has 5 heteroatoms. The molecule has 0 heterocycles. The van der Waals surface area contributed by atoms with E-state index in [0.717, 1.165) is 29.5 Å². The van der Waals surface area contributed by atoms with Gasteiger partial charge in [-0.15, -0.1) is 0 Å². The SMILES string of the molecule is CCCCCCCCCCCCCCCCCCCCc1ccc(-c2ccc(C(=O)O)cc2)cc1[N+](=O)[O-]. The van der Waals surface area contributed by atoms with E-state index in [9.17, 15) is 14.9 Å². The fraction of sp³-hybridized carbons (Fsp3) is 0.606. The third-order valence-electron chi connectivity index (χ3n) is 7.55. The van der Waals surface area contributed by atoms with Gasteiger partial charge >= 0.3 is 5.97 Å². The molecule has 5 nitrogen and oxygen atoms in total. The van der Waals surface area contributed by atoms with Crippen LogP contribution in [0.4, 0.5) is 5.69 Å². The molecule has 2 aromatic rings. The molecule has 1 N–H and O–H groups in total. The maximum absolute atomic E-state index is 11.7. The van der Waals surface area contributed by atoms with Crippen molar-refractivity contribution in [1.29, 1.82) is 0 Å². The van der Waals surface area contributed by atoms with Crippen molar-refractivity contribution in [2.45, 2.75) is 129 Å². The highest BCUT2D eigenvalue weighted by molar-refractivity contribution is 5.88. The van der Waals surface area contributed by atoms with Gasteiger partial charge in [0.15, 0.2) is 0 Å². The van der Waals surface area contributed by atoms with Crippen molar-refractivity contribution in [1.82, 2.24) is 0 Å². The number of carboxylic acid groups (broad SMARTS) is 1. The van der Waals surface area contributed by atoms with Gasteiger partial charge in [-0.25, -0.2) is 4.79 Å². The highest BCUT2D eigenvalue weighted by Gasteiger charge is 2.15. The average molecular weight is 524 g/mol. The second-order valence-electron chi connectivity index (χ2n) is 10.7. The first kappa shape index (κ1) is 31.5. The molecule has 0 saturated carbocycles. The molecule has 0 amide bonds. The van der Waals surface area contributed by atoms with Crippen LogP contribution in [0.15, 0.2) is 42.5 Å². The summed E-state index contributed by atoms with van der Waals surface area (Å²) in [5, 5.41) is 20.7. The number of nitrogens with zero attached hydrogens (tertiary/aromatic N) is 1. The molecule has 0 atom stereocenters. The van der Waals surface area contributed by atoms with Gasteiger partial charge in [0.05, 0.1) is 10.5 Å². The smallest absolute Gasteiger partial charge is 0.335 e. The Kier molecular flexibility index (Phi) is 16.1. The predicted octanol–water partition coefficient (Wildman–Crippen LogP) is 10.5. The summed E-state index contributed by atoms with van der Waals surface area (Å²) < 4.78 is 0. The van der Waals surface area contributed by atoms with Gasteiger partial charge in [0, 0.05) is 11.6 Å². The Labute approximate surface area is 230 Å². The van der Waals surface area contributed by atoms with E-state index in [1.165, 1.54) is 115 Å². The van der Waals surface area contributed by atoms with Crippen molar-refractivity contribution in [2.75, 3.05) is 0 Å². The summed E-state index contributed by atoms with van der Waals surface area (Å²) in [6, 6.07) is 11.8. The Morgan fingerprint density at radius 3 is 1.50 bits per heavy atom. The predicted molar refractivity (Wildman–Crippen MR) is 158 cm³/mol. The van der Waals surface area contributed by atoms with Crippen LogP contribution < -0.4 is 0 Å². The Hall–Kier alpha value is -2.69. The minimum Gasteiger partial charge on any atom is -0.478 e. The van der Waals surface area contributed by atoms with Crippen molar-refractivity contribution >= 4 is 11.7 Å². The zero-order valence-electron chi connectivity index (χ0n) is 23.6. The van der Waals surface area contributed by atoms with Crippen LogP contribution >= 0.6 is 0 Å². The number of aromatic carboxylic acids is 1. The van der Waals surface area contributed by atoms with Crippen LogP contribution in [0.5, 0.6) is 0 Å². The summed E-state index contributed by atoms with van der Waals surface area (Å²) in [4.78, 5) is 22.4. The van der Waals surface area contributed by atoms with Crippen LogP contribution in [0.3, 0.4) is 0 Å². The molecule has 38 heavy (non-hydrogen) atoms. The van der Waals surface area contributed by atoms with Gasteiger partial charge in [0.1, 0.15) is 0 Å². The molecule has 210 valence electrons. The first-order chi connectivity index (χ1) is 18.5. The number of carbonyl (C=O) groups is 1. The van der Waals surface area contributed by atoms with Gasteiger partial charge in [0.25, 0.3) is 5.69 Å². The lowest BCUT2D eigenvalue weighted by molar-refractivity contribution is -0.385. The van der Waals surface area contributed by atoms with Gasteiger partial charge in [0.2, 0.25) is 0 Å². The highest BCUT2D eigenvalue weighted by Crippen LogP contribution is 2.29. The van der Waals surface area contributed by atoms with Gasteiger partial charge < -0.3 is 5.11 Å². The maximum atomic E-state index is 11.7. The van der Waals surface area contributed by atoms with Crippen LogP contribution in [-0.4, -0.2) is 16.0 Å². The third kappa shape index (κ3) is 12.7. The highest BCUT2D eigenvalue weighted by atomic mass is 16.6. The van der Waals surface area contributed by atoms with E-state index in [-0.39, 0.29) is 16.2 Å². The number of nitro groups is 1. The molecule has 2 rings (SSSR count). The topological polar surface area (TPSA) is 80.4 Å². The minimum absolute atomic E-state index is 0.150. The molecular weight excluding hydrogens is 474 g/mol. The summed E-state index contributed by atoms with van der Waals surface area (Å²) in [5.74, 6) is -0.984. The normalized spacial score (nSPS) is 11.1. The van der Waals surface area contributed by atoms with Gasteiger partial charge in [-0.05, 0) is 36.1 Å². The lowest BCUT2D eigenvalue weighted by Crippen LogP contribution is -1.97. The summed E-state index contributed by atoms with van der Waals surface area (Å²) in [6.45, 7) is 2.27. The molecule has 0 spiro atoms. The van der Waals surface area contributed by atoms with E-state index >= 15 is 0 Å². The monoisotopic (exact) mass is 523 g/mol. The number of unbranched alkanes of at least 4 members (excludes halogenated alkanes) is 17. The Morgan fingerprint density at radius 2 is 1.08 bits per heavy atom. The number of hydrogen-bond acceptors (Lipinski definition) is 3. The number of benzene rings is 2. The second kappa shape index (κ2) is 19.4. The Bertz CT molecular complexity index is 939. The van der Waals surface area contributed by atoms with Gasteiger partial charge in [-0.3, -0.25) is 10.1 Å². The minimum atomic E-state index is -0.984. The number of hydrogen-bond donors (Lipinski definition) is 1. The molecule has 0 aromatic heterocycles. The molecule has 0 unspecified atom stereocenters. The average Bonchev–Trinajstić information content (AvgIpc) is 2.92. The van der Waals surface area contributed by atoms with Gasteiger partial charge in [-0.2, -0.15) is 0 Å². The van der Waals surface area contributed by atoms with Crippen molar-refractivity contribution in [3.05, 3.63) is 63.7 Å². The summed E-state index contributed by atoms with van der Waals surface area (Å²) in [5.41, 5.74) is 2.64. The first-order valence-corrected chi connectivity index (χ1v) is 15.1. The van der Waals surface area contributed by atoms with E-state index in [1.807, 2.05) is 12.1 Å². The Balaban J connectivity index is 1.54. The van der Waals surface area contributed by atoms with Crippen LogP contribution in [0, 0.1) is 10.1 Å². The number of aryl methyl sites for hydroxylation is 1. The third-order valence-corrected chi connectivity index (χ3v) is 7.55. The van der Waals surface area contributed by atoms with Crippen LogP contribution in [0.2, 0.25) is 0 Å². The van der Waals surface area contributed by atoms with E-state index in [4.69, 9.17) is 5.11 Å². The number of carboxylic acids is 1. The quantitative estimate of drug-likeness (QED) is 0.0945. The molecule has 0 fully saturated rings. The summed E-state index contributed by atoms with van der Waals surface area (Å²) >= 11 is 0. The van der Waals surface area contributed by atoms with E-state index < -0.39 is 5.97 Å². The molecule has 0 saturated heterocycles. The molecule has 0 radical (unpaired) electrons. The first-order valence-electron chi connectivity index (χ1n) is 15.1. The zero-order valence-corrected chi connectivity index (χ0v) is 23.6. The van der Waals surface area contributed by atoms with Crippen molar-refractivity contribution in [2.24, 2.45) is 0 Å². The zero-order chi connectivity index (χ0) is 27.4. The maximum Gasteiger partial charge on any atom is 0.335 e. The molecule has 0 bridgehead atoms. The lowest BCUT2D eigenvalue weighted by Gasteiger charge is -2.07.